The number of hydrogen-bond acceptors (Lipinski definition) is 3. The molecular formula is C17H26N2O3S. The Kier molecular flexibility index (Phi) is 5.81. The van der Waals surface area contributed by atoms with Crippen molar-refractivity contribution in [3.63, 3.8) is 0 Å². The van der Waals surface area contributed by atoms with Crippen molar-refractivity contribution >= 4 is 15.9 Å². The molecule has 1 aromatic carbocycles. The molecule has 0 heterocycles. The van der Waals surface area contributed by atoms with Crippen LogP contribution >= 0.6 is 0 Å². The zero-order valence-corrected chi connectivity index (χ0v) is 14.9. The van der Waals surface area contributed by atoms with Crippen molar-refractivity contribution < 1.29 is 13.2 Å². The van der Waals surface area contributed by atoms with E-state index >= 15 is 0 Å². The molecule has 0 aromatic heterocycles. The van der Waals surface area contributed by atoms with Crippen molar-refractivity contribution in [3.8, 4) is 0 Å². The number of hydrogen-bond donors (Lipinski definition) is 2. The summed E-state index contributed by atoms with van der Waals surface area (Å²) in [6, 6.07) is 5.43. The summed E-state index contributed by atoms with van der Waals surface area (Å²) >= 11 is 0. The highest BCUT2D eigenvalue weighted by molar-refractivity contribution is 7.89. The second kappa shape index (κ2) is 7.45. The molecule has 0 atom stereocenters. The number of sulfonamides is 1. The van der Waals surface area contributed by atoms with Crippen molar-refractivity contribution in [1.82, 2.24) is 10.0 Å². The lowest BCUT2D eigenvalue weighted by Gasteiger charge is -2.26. The van der Waals surface area contributed by atoms with Crippen LogP contribution in [0.5, 0.6) is 0 Å². The van der Waals surface area contributed by atoms with Crippen LogP contribution in [0, 0.1) is 19.8 Å². The van der Waals surface area contributed by atoms with Gasteiger partial charge in [0.05, 0.1) is 11.4 Å². The monoisotopic (exact) mass is 338 g/mol. The maximum absolute atomic E-state index is 12.4. The predicted molar refractivity (Wildman–Crippen MR) is 90.7 cm³/mol. The van der Waals surface area contributed by atoms with Crippen LogP contribution in [0.2, 0.25) is 0 Å². The van der Waals surface area contributed by atoms with E-state index in [9.17, 15) is 13.2 Å². The standard InChI is InChI=1S/C17H26N2O3S/c1-12-5-8-15(9-6-12)19-17(20)11-18-23(21,22)16-10-13(2)4-7-14(16)3/h4,7,10,12,15,18H,5-6,8-9,11H2,1-3H3,(H,19,20). The minimum atomic E-state index is -3.67. The third-order valence-corrected chi connectivity index (χ3v) is 5.98. The number of nitrogens with one attached hydrogen (secondary N) is 2. The second-order valence-corrected chi connectivity index (χ2v) is 8.35. The lowest BCUT2D eigenvalue weighted by molar-refractivity contribution is -0.120. The molecule has 1 fully saturated rings. The third kappa shape index (κ3) is 5.04. The molecule has 2 N–H and O–H groups in total. The molecule has 128 valence electrons. The lowest BCUT2D eigenvalue weighted by Crippen LogP contribution is -2.43. The van der Waals surface area contributed by atoms with Gasteiger partial charge in [0.25, 0.3) is 0 Å². The summed E-state index contributed by atoms with van der Waals surface area (Å²) in [5.74, 6) is 0.449. The van der Waals surface area contributed by atoms with Crippen molar-refractivity contribution in [2.45, 2.75) is 57.4 Å². The SMILES string of the molecule is Cc1ccc(C)c(S(=O)(=O)NCC(=O)NC2CCC(C)CC2)c1. The third-order valence-electron chi connectivity index (χ3n) is 4.44. The van der Waals surface area contributed by atoms with Crippen molar-refractivity contribution in [2.24, 2.45) is 5.92 Å². The molecule has 6 heteroatoms. The lowest BCUT2D eigenvalue weighted by atomic mass is 9.87. The van der Waals surface area contributed by atoms with E-state index < -0.39 is 10.0 Å². The molecule has 1 saturated carbocycles. The molecule has 0 radical (unpaired) electrons. The second-order valence-electron chi connectivity index (χ2n) is 6.62. The van der Waals surface area contributed by atoms with E-state index in [1.165, 1.54) is 0 Å². The first kappa shape index (κ1) is 17.9. The van der Waals surface area contributed by atoms with Crippen LogP contribution in [0.25, 0.3) is 0 Å². The molecule has 23 heavy (non-hydrogen) atoms. The summed E-state index contributed by atoms with van der Waals surface area (Å²) in [6.45, 7) is 5.59. The highest BCUT2D eigenvalue weighted by atomic mass is 32.2. The summed E-state index contributed by atoms with van der Waals surface area (Å²) in [7, 11) is -3.67. The minimum absolute atomic E-state index is 0.170. The molecule has 5 nitrogen and oxygen atoms in total. The largest absolute Gasteiger partial charge is 0.352 e. The summed E-state index contributed by atoms with van der Waals surface area (Å²) in [5, 5.41) is 2.92. The molecule has 1 aliphatic carbocycles. The van der Waals surface area contributed by atoms with E-state index in [1.54, 1.807) is 19.1 Å². The first-order chi connectivity index (χ1) is 10.8. The Labute approximate surface area is 138 Å². The smallest absolute Gasteiger partial charge is 0.241 e. The average Bonchev–Trinajstić information content (AvgIpc) is 2.50. The van der Waals surface area contributed by atoms with Crippen molar-refractivity contribution in [2.75, 3.05) is 6.54 Å². The van der Waals surface area contributed by atoms with E-state index in [4.69, 9.17) is 0 Å². The van der Waals surface area contributed by atoms with Crippen LogP contribution in [-0.4, -0.2) is 26.9 Å². The molecule has 1 amide bonds. The molecule has 0 aliphatic heterocycles. The van der Waals surface area contributed by atoms with Crippen LogP contribution in [0.4, 0.5) is 0 Å². The first-order valence-electron chi connectivity index (χ1n) is 8.14. The maximum Gasteiger partial charge on any atom is 0.241 e. The summed E-state index contributed by atoms with van der Waals surface area (Å²) < 4.78 is 27.1. The minimum Gasteiger partial charge on any atom is -0.352 e. The Balaban J connectivity index is 1.91. The fourth-order valence-corrected chi connectivity index (χ4v) is 4.23. The van der Waals surface area contributed by atoms with E-state index in [1.807, 2.05) is 13.0 Å². The average molecular weight is 338 g/mol. The Bertz CT molecular complexity index is 662. The van der Waals surface area contributed by atoms with Crippen LogP contribution in [-0.2, 0) is 14.8 Å². The zero-order valence-electron chi connectivity index (χ0n) is 14.1. The van der Waals surface area contributed by atoms with Gasteiger partial charge >= 0.3 is 0 Å². The van der Waals surface area contributed by atoms with Crippen molar-refractivity contribution in [3.05, 3.63) is 29.3 Å². The van der Waals surface area contributed by atoms with E-state index in [0.717, 1.165) is 31.2 Å². The highest BCUT2D eigenvalue weighted by Crippen LogP contribution is 2.23. The van der Waals surface area contributed by atoms with E-state index in [-0.39, 0.29) is 23.4 Å². The van der Waals surface area contributed by atoms with Gasteiger partial charge in [0.2, 0.25) is 15.9 Å². The van der Waals surface area contributed by atoms with Gasteiger partial charge in [0, 0.05) is 6.04 Å². The molecule has 0 unspecified atom stereocenters. The van der Waals surface area contributed by atoms with Gasteiger partial charge < -0.3 is 5.32 Å². The zero-order chi connectivity index (χ0) is 17.0. The molecule has 1 aliphatic rings. The van der Waals surface area contributed by atoms with Crippen LogP contribution in [0.1, 0.15) is 43.7 Å². The number of aryl methyl sites for hydroxylation is 2. The number of amides is 1. The van der Waals surface area contributed by atoms with Gasteiger partial charge in [0.1, 0.15) is 0 Å². The molecule has 2 rings (SSSR count). The fourth-order valence-electron chi connectivity index (χ4n) is 2.92. The van der Waals surface area contributed by atoms with Gasteiger partial charge in [-0.25, -0.2) is 13.1 Å². The van der Waals surface area contributed by atoms with Gasteiger partial charge in [-0.15, -0.1) is 0 Å². The Morgan fingerprint density at radius 1 is 1.17 bits per heavy atom. The van der Waals surface area contributed by atoms with Gasteiger partial charge in [-0.1, -0.05) is 19.1 Å². The topological polar surface area (TPSA) is 75.3 Å². The van der Waals surface area contributed by atoms with Gasteiger partial charge in [-0.05, 0) is 62.6 Å². The molecular weight excluding hydrogens is 312 g/mol. The molecule has 0 spiro atoms. The number of carbonyl (C=O) groups is 1. The Morgan fingerprint density at radius 2 is 1.83 bits per heavy atom. The first-order valence-corrected chi connectivity index (χ1v) is 9.62. The highest BCUT2D eigenvalue weighted by Gasteiger charge is 2.22. The van der Waals surface area contributed by atoms with E-state index in [0.29, 0.717) is 11.5 Å². The summed E-state index contributed by atoms with van der Waals surface area (Å²) in [4.78, 5) is 12.2. The van der Waals surface area contributed by atoms with Crippen molar-refractivity contribution in [1.29, 1.82) is 0 Å². The van der Waals surface area contributed by atoms with E-state index in [2.05, 4.69) is 17.0 Å². The molecule has 0 saturated heterocycles. The molecule has 0 bridgehead atoms. The van der Waals surface area contributed by atoms with Crippen LogP contribution < -0.4 is 10.0 Å². The van der Waals surface area contributed by atoms with Gasteiger partial charge in [0.15, 0.2) is 0 Å². The predicted octanol–water partition coefficient (Wildman–Crippen LogP) is 2.28. The van der Waals surface area contributed by atoms with Gasteiger partial charge in [-0.2, -0.15) is 0 Å². The number of rotatable bonds is 5. The normalized spacial score (nSPS) is 21.9. The quantitative estimate of drug-likeness (QED) is 0.865. The fraction of sp³-hybridized carbons (Fsp3) is 0.588. The van der Waals surface area contributed by atoms with Gasteiger partial charge in [-0.3, -0.25) is 4.79 Å². The Hall–Kier alpha value is -1.40. The summed E-state index contributed by atoms with van der Waals surface area (Å²) in [6.07, 6.45) is 4.16. The number of benzene rings is 1. The maximum atomic E-state index is 12.4. The molecule has 1 aromatic rings. The van der Waals surface area contributed by atoms with Crippen LogP contribution in [0.3, 0.4) is 0 Å². The number of carbonyl (C=O) groups excluding carboxylic acids is 1. The Morgan fingerprint density at radius 3 is 2.48 bits per heavy atom. The van der Waals surface area contributed by atoms with Crippen LogP contribution in [0.15, 0.2) is 23.1 Å². The summed E-state index contributed by atoms with van der Waals surface area (Å²) in [5.41, 5.74) is 1.54.